The average molecular weight is 254 g/mol. The van der Waals surface area contributed by atoms with Crippen LogP contribution in [0.15, 0.2) is 0 Å². The number of carbonyl (C=O) groups excluding carboxylic acids is 1. The van der Waals surface area contributed by atoms with Gasteiger partial charge in [0.05, 0.1) is 0 Å². The van der Waals surface area contributed by atoms with Crippen molar-refractivity contribution in [2.75, 3.05) is 40.3 Å². The molecule has 2 atom stereocenters. The largest absolute Gasteiger partial charge is 0.331 e. The van der Waals surface area contributed by atoms with E-state index in [4.69, 9.17) is 5.73 Å². The summed E-state index contributed by atoms with van der Waals surface area (Å²) in [5, 5.41) is 0. The molecule has 0 bridgehead atoms. The van der Waals surface area contributed by atoms with Gasteiger partial charge in [-0.3, -0.25) is 4.90 Å². The Balaban J connectivity index is 1.82. The molecule has 0 saturated carbocycles. The fourth-order valence-electron chi connectivity index (χ4n) is 3.03. The van der Waals surface area contributed by atoms with E-state index in [1.807, 2.05) is 19.0 Å². The lowest BCUT2D eigenvalue weighted by atomic mass is 10.0. The number of hydrogen-bond donors (Lipinski definition) is 1. The van der Waals surface area contributed by atoms with Crippen LogP contribution in [0.25, 0.3) is 0 Å². The van der Waals surface area contributed by atoms with Crippen molar-refractivity contribution < 1.29 is 4.79 Å². The van der Waals surface area contributed by atoms with E-state index in [-0.39, 0.29) is 6.03 Å². The molecule has 0 aromatic rings. The van der Waals surface area contributed by atoms with Crippen molar-refractivity contribution in [3.63, 3.8) is 0 Å². The minimum atomic E-state index is 0.139. The van der Waals surface area contributed by atoms with Crippen LogP contribution in [-0.4, -0.2) is 73.1 Å². The lowest BCUT2D eigenvalue weighted by Crippen LogP contribution is -2.49. The number of hydrogen-bond acceptors (Lipinski definition) is 3. The maximum Gasteiger partial charge on any atom is 0.319 e. The molecule has 2 fully saturated rings. The number of piperidine rings is 1. The van der Waals surface area contributed by atoms with Crippen LogP contribution >= 0.6 is 0 Å². The van der Waals surface area contributed by atoms with E-state index in [0.29, 0.717) is 18.0 Å². The zero-order valence-electron chi connectivity index (χ0n) is 11.8. The molecule has 0 aromatic heterocycles. The van der Waals surface area contributed by atoms with Gasteiger partial charge in [-0.2, -0.15) is 0 Å². The molecule has 0 radical (unpaired) electrons. The van der Waals surface area contributed by atoms with Crippen LogP contribution in [0.5, 0.6) is 0 Å². The number of rotatable bonds is 1. The van der Waals surface area contributed by atoms with Gasteiger partial charge in [-0.15, -0.1) is 0 Å². The topological polar surface area (TPSA) is 52.8 Å². The molecular weight excluding hydrogens is 228 g/mol. The highest BCUT2D eigenvalue weighted by Gasteiger charge is 2.34. The molecule has 5 heteroatoms. The summed E-state index contributed by atoms with van der Waals surface area (Å²) in [5.41, 5.74) is 6.08. The quantitative estimate of drug-likeness (QED) is 0.737. The smallest absolute Gasteiger partial charge is 0.319 e. The number of carbonyl (C=O) groups is 1. The maximum atomic E-state index is 11.8. The Bertz CT molecular complexity index is 289. The highest BCUT2D eigenvalue weighted by atomic mass is 16.2. The Morgan fingerprint density at radius 1 is 1.22 bits per heavy atom. The molecule has 2 rings (SSSR count). The van der Waals surface area contributed by atoms with E-state index >= 15 is 0 Å². The molecule has 2 aliphatic heterocycles. The molecule has 18 heavy (non-hydrogen) atoms. The first-order valence-electron chi connectivity index (χ1n) is 6.95. The third-order valence-corrected chi connectivity index (χ3v) is 4.33. The molecule has 2 aliphatic rings. The summed E-state index contributed by atoms with van der Waals surface area (Å²) in [5.74, 6) is 0.603. The van der Waals surface area contributed by atoms with E-state index in [0.717, 1.165) is 39.0 Å². The van der Waals surface area contributed by atoms with Crippen molar-refractivity contribution in [1.82, 2.24) is 14.7 Å². The zero-order valence-corrected chi connectivity index (χ0v) is 11.8. The Morgan fingerprint density at radius 2 is 1.83 bits per heavy atom. The van der Waals surface area contributed by atoms with Crippen LogP contribution in [0.3, 0.4) is 0 Å². The Kier molecular flexibility index (Phi) is 4.12. The van der Waals surface area contributed by atoms with Crippen LogP contribution in [0.1, 0.15) is 19.8 Å². The molecule has 2 amide bonds. The Morgan fingerprint density at radius 3 is 2.28 bits per heavy atom. The minimum absolute atomic E-state index is 0.139. The van der Waals surface area contributed by atoms with E-state index in [2.05, 4.69) is 11.8 Å². The standard InChI is InChI=1S/C13H26N4O/c1-10-8-17(9-12(10)14)11-4-6-16(7-5-11)13(18)15(2)3/h10-12H,4-9,14H2,1-3H3. The van der Waals surface area contributed by atoms with Crippen LogP contribution in [0.4, 0.5) is 4.79 Å². The van der Waals surface area contributed by atoms with Crippen molar-refractivity contribution in [3.05, 3.63) is 0 Å². The highest BCUT2D eigenvalue weighted by Crippen LogP contribution is 2.23. The van der Waals surface area contributed by atoms with Crippen molar-refractivity contribution in [3.8, 4) is 0 Å². The van der Waals surface area contributed by atoms with E-state index in [1.54, 1.807) is 4.90 Å². The van der Waals surface area contributed by atoms with Crippen LogP contribution in [-0.2, 0) is 0 Å². The molecule has 2 N–H and O–H groups in total. The van der Waals surface area contributed by atoms with Gasteiger partial charge in [0, 0.05) is 52.4 Å². The minimum Gasteiger partial charge on any atom is -0.331 e. The molecule has 0 aromatic carbocycles. The van der Waals surface area contributed by atoms with Gasteiger partial charge in [0.1, 0.15) is 0 Å². The van der Waals surface area contributed by atoms with Gasteiger partial charge in [0.15, 0.2) is 0 Å². The van der Waals surface area contributed by atoms with Crippen LogP contribution in [0, 0.1) is 5.92 Å². The zero-order chi connectivity index (χ0) is 13.3. The second-order valence-corrected chi connectivity index (χ2v) is 5.99. The average Bonchev–Trinajstić information content (AvgIpc) is 2.69. The second-order valence-electron chi connectivity index (χ2n) is 5.99. The summed E-state index contributed by atoms with van der Waals surface area (Å²) in [6.07, 6.45) is 2.16. The van der Waals surface area contributed by atoms with Crippen molar-refractivity contribution in [2.24, 2.45) is 11.7 Å². The van der Waals surface area contributed by atoms with Crippen LogP contribution < -0.4 is 5.73 Å². The second kappa shape index (κ2) is 5.45. The molecule has 0 aliphatic carbocycles. The SMILES string of the molecule is CC1CN(C2CCN(C(=O)N(C)C)CC2)CC1N. The first kappa shape index (κ1) is 13.6. The molecule has 2 heterocycles. The molecular formula is C13H26N4O. The molecule has 104 valence electrons. The number of amides is 2. The molecule has 2 saturated heterocycles. The van der Waals surface area contributed by atoms with Gasteiger partial charge in [-0.05, 0) is 18.8 Å². The normalized spacial score (nSPS) is 30.8. The summed E-state index contributed by atoms with van der Waals surface area (Å²) in [7, 11) is 3.63. The fraction of sp³-hybridized carbons (Fsp3) is 0.923. The van der Waals surface area contributed by atoms with Gasteiger partial charge in [-0.25, -0.2) is 4.79 Å². The Hall–Kier alpha value is -0.810. The van der Waals surface area contributed by atoms with Crippen molar-refractivity contribution in [2.45, 2.75) is 31.8 Å². The predicted molar refractivity (Wildman–Crippen MR) is 72.4 cm³/mol. The van der Waals surface area contributed by atoms with Gasteiger partial charge in [0.2, 0.25) is 0 Å². The predicted octanol–water partition coefficient (Wildman–Crippen LogP) is 0.411. The third-order valence-electron chi connectivity index (χ3n) is 4.33. The lowest BCUT2D eigenvalue weighted by molar-refractivity contribution is 0.118. The number of urea groups is 1. The highest BCUT2D eigenvalue weighted by molar-refractivity contribution is 5.73. The fourth-order valence-corrected chi connectivity index (χ4v) is 3.03. The Labute approximate surface area is 110 Å². The molecule has 5 nitrogen and oxygen atoms in total. The van der Waals surface area contributed by atoms with Crippen molar-refractivity contribution in [1.29, 1.82) is 0 Å². The monoisotopic (exact) mass is 254 g/mol. The van der Waals surface area contributed by atoms with Gasteiger partial charge in [0.25, 0.3) is 0 Å². The van der Waals surface area contributed by atoms with Gasteiger partial charge >= 0.3 is 6.03 Å². The molecule has 0 spiro atoms. The van der Waals surface area contributed by atoms with Crippen LogP contribution in [0.2, 0.25) is 0 Å². The van der Waals surface area contributed by atoms with E-state index < -0.39 is 0 Å². The third kappa shape index (κ3) is 2.78. The number of nitrogens with zero attached hydrogens (tertiary/aromatic N) is 3. The number of nitrogens with two attached hydrogens (primary N) is 1. The maximum absolute atomic E-state index is 11.8. The summed E-state index contributed by atoms with van der Waals surface area (Å²) >= 11 is 0. The van der Waals surface area contributed by atoms with Crippen molar-refractivity contribution >= 4 is 6.03 Å². The van der Waals surface area contributed by atoms with Gasteiger partial charge in [-0.1, -0.05) is 6.92 Å². The molecule has 2 unspecified atom stereocenters. The van der Waals surface area contributed by atoms with Gasteiger partial charge < -0.3 is 15.5 Å². The first-order chi connectivity index (χ1) is 8.49. The number of likely N-dealkylation sites (tertiary alicyclic amines) is 2. The van der Waals surface area contributed by atoms with E-state index in [1.165, 1.54) is 0 Å². The lowest BCUT2D eigenvalue weighted by Gasteiger charge is -2.37. The summed E-state index contributed by atoms with van der Waals surface area (Å²) in [6.45, 7) is 6.12. The summed E-state index contributed by atoms with van der Waals surface area (Å²) < 4.78 is 0. The van der Waals surface area contributed by atoms with E-state index in [9.17, 15) is 4.79 Å². The summed E-state index contributed by atoms with van der Waals surface area (Å²) in [4.78, 5) is 18.0. The summed E-state index contributed by atoms with van der Waals surface area (Å²) in [6, 6.07) is 1.08. The first-order valence-corrected chi connectivity index (χ1v) is 6.95.